The first-order valence-electron chi connectivity index (χ1n) is 16.5. The van der Waals surface area contributed by atoms with Crippen molar-refractivity contribution in [2.75, 3.05) is 75.1 Å². The molecule has 3 aliphatic heterocycles. The molecular weight excluding hydrogens is 568 g/mol. The van der Waals surface area contributed by atoms with Crippen LogP contribution in [-0.4, -0.2) is 107 Å². The number of H-pyrrole nitrogens is 1. The van der Waals surface area contributed by atoms with E-state index in [1.807, 2.05) is 6.07 Å². The van der Waals surface area contributed by atoms with Crippen LogP contribution >= 0.6 is 0 Å². The van der Waals surface area contributed by atoms with Crippen LogP contribution in [-0.2, 0) is 4.74 Å². The average Bonchev–Trinajstić information content (AvgIpc) is 3.56. The van der Waals surface area contributed by atoms with Gasteiger partial charge in [0.15, 0.2) is 17.3 Å². The van der Waals surface area contributed by atoms with Gasteiger partial charge >= 0.3 is 0 Å². The molecule has 240 valence electrons. The summed E-state index contributed by atoms with van der Waals surface area (Å²) in [6.07, 6.45) is 8.35. The lowest BCUT2D eigenvalue weighted by molar-refractivity contribution is -0.131. The Morgan fingerprint density at radius 2 is 1.76 bits per heavy atom. The molecular formula is C33H46N10O2. The first-order chi connectivity index (χ1) is 21.9. The molecule has 1 aromatic carbocycles. The third kappa shape index (κ3) is 6.36. The highest BCUT2D eigenvalue weighted by Gasteiger charge is 2.41. The number of ether oxygens (including phenoxy) is 1. The lowest BCUT2D eigenvalue weighted by atomic mass is 9.71. The molecule has 1 amide bonds. The maximum absolute atomic E-state index is 12.6. The molecule has 12 heteroatoms. The third-order valence-corrected chi connectivity index (χ3v) is 10.4. The van der Waals surface area contributed by atoms with E-state index in [4.69, 9.17) is 20.4 Å². The molecule has 12 nitrogen and oxygen atoms in total. The maximum Gasteiger partial charge on any atom is 0.271 e. The van der Waals surface area contributed by atoms with Crippen LogP contribution in [0.1, 0.15) is 54.6 Å². The van der Waals surface area contributed by atoms with Crippen molar-refractivity contribution in [1.29, 1.82) is 0 Å². The summed E-state index contributed by atoms with van der Waals surface area (Å²) in [5.41, 5.74) is 10.8. The number of primary amides is 1. The topological polar surface area (TPSA) is 141 Å². The molecule has 3 saturated heterocycles. The number of nitrogens with zero attached hydrogens (tertiary/aromatic N) is 6. The van der Waals surface area contributed by atoms with Crippen LogP contribution in [0.15, 0.2) is 30.5 Å². The third-order valence-electron chi connectivity index (χ3n) is 10.4. The summed E-state index contributed by atoms with van der Waals surface area (Å²) in [6, 6.07) is 9.10. The number of hydrogen-bond donors (Lipinski definition) is 4. The number of aromatic nitrogens is 4. The van der Waals surface area contributed by atoms with E-state index in [0.717, 1.165) is 70.8 Å². The first-order valence-corrected chi connectivity index (χ1v) is 16.5. The van der Waals surface area contributed by atoms with Gasteiger partial charge in [0.25, 0.3) is 5.91 Å². The summed E-state index contributed by atoms with van der Waals surface area (Å²) in [5.74, 6) is 0.306. The second-order valence-corrected chi connectivity index (χ2v) is 13.5. The fraction of sp³-hybridized carbons (Fsp3) is 0.576. The molecule has 2 aromatic heterocycles. The number of carbonyl (C=O) groups excluding carboxylic acids is 1. The van der Waals surface area contributed by atoms with Crippen LogP contribution in [0, 0.1) is 12.3 Å². The Labute approximate surface area is 265 Å². The lowest BCUT2D eigenvalue weighted by Gasteiger charge is -2.46. The van der Waals surface area contributed by atoms with E-state index in [2.05, 4.69) is 67.7 Å². The predicted molar refractivity (Wildman–Crippen MR) is 176 cm³/mol. The maximum atomic E-state index is 12.6. The zero-order valence-electron chi connectivity index (χ0n) is 26.5. The molecule has 5 N–H and O–H groups in total. The quantitative estimate of drug-likeness (QED) is 0.298. The monoisotopic (exact) mass is 614 g/mol. The molecule has 0 atom stereocenters. The van der Waals surface area contributed by atoms with Gasteiger partial charge in [-0.1, -0.05) is 0 Å². The molecule has 3 aromatic rings. The van der Waals surface area contributed by atoms with Gasteiger partial charge in [-0.2, -0.15) is 5.10 Å². The fourth-order valence-electron chi connectivity index (χ4n) is 7.50. The minimum atomic E-state index is -0.640. The van der Waals surface area contributed by atoms with Gasteiger partial charge in [-0.3, -0.25) is 14.8 Å². The van der Waals surface area contributed by atoms with E-state index >= 15 is 0 Å². The Morgan fingerprint density at radius 3 is 2.38 bits per heavy atom. The molecule has 4 aliphatic rings. The van der Waals surface area contributed by atoms with Gasteiger partial charge in [0.05, 0.1) is 18.9 Å². The fourth-order valence-corrected chi connectivity index (χ4v) is 7.50. The molecule has 1 spiro atoms. The molecule has 45 heavy (non-hydrogen) atoms. The van der Waals surface area contributed by atoms with Gasteiger partial charge in [-0.25, -0.2) is 9.97 Å². The van der Waals surface area contributed by atoms with Crippen molar-refractivity contribution in [2.45, 2.75) is 57.5 Å². The van der Waals surface area contributed by atoms with E-state index in [0.29, 0.717) is 34.5 Å². The minimum absolute atomic E-state index is 0.0899. The van der Waals surface area contributed by atoms with Crippen molar-refractivity contribution >= 4 is 28.9 Å². The standard InChI is InChI=1S/C33H46N10O2/c1-22-19-24(3-4-27(22)43-13-8-25(9-14-43)42-17-15-41(2)16-18-42)37-32-29(30(34)44)38-28(26-7-12-35-40-26)31(39-32)36-23-5-10-33(11-6-23)20-45-21-33/h3-4,7,12,19,23,25H,5-6,8-11,13-18,20-21H2,1-2H3,(H2,34,44)(H,35,40)(H2,36,37,39). The van der Waals surface area contributed by atoms with Gasteiger partial charge in [0.1, 0.15) is 5.69 Å². The van der Waals surface area contributed by atoms with Crippen molar-refractivity contribution in [3.63, 3.8) is 0 Å². The van der Waals surface area contributed by atoms with Crippen molar-refractivity contribution in [2.24, 2.45) is 11.1 Å². The summed E-state index contributed by atoms with van der Waals surface area (Å²) in [4.78, 5) is 29.9. The number of hydrogen-bond acceptors (Lipinski definition) is 10. The summed E-state index contributed by atoms with van der Waals surface area (Å²) in [7, 11) is 2.21. The Morgan fingerprint density at radius 1 is 1.00 bits per heavy atom. The highest BCUT2D eigenvalue weighted by Crippen LogP contribution is 2.43. The smallest absolute Gasteiger partial charge is 0.271 e. The van der Waals surface area contributed by atoms with Gasteiger partial charge in [0.2, 0.25) is 0 Å². The number of nitrogens with one attached hydrogen (secondary N) is 3. The van der Waals surface area contributed by atoms with Crippen molar-refractivity contribution in [3.05, 3.63) is 41.7 Å². The lowest BCUT2D eigenvalue weighted by Crippen LogP contribution is -2.52. The zero-order valence-corrected chi connectivity index (χ0v) is 26.5. The van der Waals surface area contributed by atoms with Gasteiger partial charge in [-0.15, -0.1) is 0 Å². The number of likely N-dealkylation sites (N-methyl/N-ethyl adjacent to an activating group) is 1. The molecule has 4 fully saturated rings. The van der Waals surface area contributed by atoms with Crippen molar-refractivity contribution in [1.82, 2.24) is 30.0 Å². The van der Waals surface area contributed by atoms with Crippen LogP contribution in [0.3, 0.4) is 0 Å². The Hall–Kier alpha value is -3.74. The number of carbonyl (C=O) groups is 1. The van der Waals surface area contributed by atoms with Crippen LogP contribution in [0.25, 0.3) is 11.4 Å². The van der Waals surface area contributed by atoms with Gasteiger partial charge in [-0.05, 0) is 82.3 Å². The first kappa shape index (κ1) is 29.9. The predicted octanol–water partition coefficient (Wildman–Crippen LogP) is 3.60. The number of piperidine rings is 1. The summed E-state index contributed by atoms with van der Waals surface area (Å²) in [5, 5.41) is 14.1. The minimum Gasteiger partial charge on any atom is -0.380 e. The number of aryl methyl sites for hydroxylation is 1. The van der Waals surface area contributed by atoms with Crippen LogP contribution < -0.4 is 21.3 Å². The molecule has 7 rings (SSSR count). The van der Waals surface area contributed by atoms with Crippen LogP contribution in [0.2, 0.25) is 0 Å². The zero-order chi connectivity index (χ0) is 31.0. The Kier molecular flexibility index (Phi) is 8.36. The average molecular weight is 615 g/mol. The Bertz CT molecular complexity index is 1480. The van der Waals surface area contributed by atoms with E-state index in [-0.39, 0.29) is 11.7 Å². The van der Waals surface area contributed by atoms with Gasteiger partial charge in [0, 0.05) is 74.3 Å². The van der Waals surface area contributed by atoms with E-state index in [9.17, 15) is 4.79 Å². The SMILES string of the molecule is Cc1cc(Nc2nc(NC3CCC4(CC3)COC4)c(-c3ccn[nH]3)nc2C(N)=O)ccc1N1CCC(N2CCN(C)CC2)CC1. The second kappa shape index (κ2) is 12.6. The number of anilines is 4. The second-order valence-electron chi connectivity index (χ2n) is 13.5. The highest BCUT2D eigenvalue weighted by atomic mass is 16.5. The highest BCUT2D eigenvalue weighted by molar-refractivity contribution is 5.97. The summed E-state index contributed by atoms with van der Waals surface area (Å²) >= 11 is 0. The summed E-state index contributed by atoms with van der Waals surface area (Å²) < 4.78 is 5.51. The Balaban J connectivity index is 1.08. The molecule has 0 radical (unpaired) electrons. The number of piperazine rings is 1. The number of aromatic amines is 1. The van der Waals surface area contributed by atoms with E-state index in [1.165, 1.54) is 37.2 Å². The van der Waals surface area contributed by atoms with Crippen LogP contribution in [0.4, 0.5) is 23.0 Å². The number of nitrogens with two attached hydrogens (primary N) is 1. The number of amides is 1. The normalized spacial score (nSPS) is 21.5. The molecule has 1 saturated carbocycles. The number of benzene rings is 1. The molecule has 1 aliphatic carbocycles. The number of rotatable bonds is 8. The molecule has 0 unspecified atom stereocenters. The molecule has 5 heterocycles. The van der Waals surface area contributed by atoms with Crippen molar-refractivity contribution < 1.29 is 9.53 Å². The van der Waals surface area contributed by atoms with E-state index in [1.54, 1.807) is 6.20 Å². The van der Waals surface area contributed by atoms with Crippen LogP contribution in [0.5, 0.6) is 0 Å². The summed E-state index contributed by atoms with van der Waals surface area (Å²) in [6.45, 7) is 10.7. The largest absolute Gasteiger partial charge is 0.380 e. The molecule has 0 bridgehead atoms. The van der Waals surface area contributed by atoms with Crippen molar-refractivity contribution in [3.8, 4) is 11.4 Å². The van der Waals surface area contributed by atoms with E-state index < -0.39 is 5.91 Å². The van der Waals surface area contributed by atoms with Gasteiger partial charge < -0.3 is 30.9 Å².